The second-order valence-corrected chi connectivity index (χ2v) is 8.34. The van der Waals surface area contributed by atoms with Crippen LogP contribution in [-0.2, 0) is 29.1 Å². The number of hydrogen-bond acceptors (Lipinski definition) is 6. The number of carbonyl (C=O) groups excluding carboxylic acids is 2. The van der Waals surface area contributed by atoms with Crippen molar-refractivity contribution in [3.63, 3.8) is 0 Å². The summed E-state index contributed by atoms with van der Waals surface area (Å²) in [6.07, 6.45) is 3.77. The molecule has 1 fully saturated rings. The van der Waals surface area contributed by atoms with Gasteiger partial charge in [0.2, 0.25) is 5.89 Å². The van der Waals surface area contributed by atoms with Crippen molar-refractivity contribution < 1.29 is 23.5 Å². The van der Waals surface area contributed by atoms with Crippen LogP contribution in [0.1, 0.15) is 28.3 Å². The second-order valence-electron chi connectivity index (χ2n) is 8.34. The Kier molecular flexibility index (Phi) is 6.89. The predicted molar refractivity (Wildman–Crippen MR) is 134 cm³/mol. The van der Waals surface area contributed by atoms with Gasteiger partial charge >= 0.3 is 6.09 Å². The van der Waals surface area contributed by atoms with Crippen LogP contribution in [0, 0.1) is 0 Å². The third-order valence-corrected chi connectivity index (χ3v) is 5.71. The summed E-state index contributed by atoms with van der Waals surface area (Å²) < 4.78 is 16.6. The Balaban J connectivity index is 1.15. The van der Waals surface area contributed by atoms with Gasteiger partial charge < -0.3 is 13.9 Å². The summed E-state index contributed by atoms with van der Waals surface area (Å²) >= 11 is 0. The molecule has 36 heavy (non-hydrogen) atoms. The number of nitrogens with zero attached hydrogens (tertiary/aromatic N) is 2. The largest absolute Gasteiger partial charge is 0.489 e. The molecule has 0 aliphatic carbocycles. The molecule has 5 rings (SSSR count). The zero-order valence-electron chi connectivity index (χ0n) is 19.4. The molecule has 1 aliphatic rings. The molecule has 180 valence electrons. The molecular formula is C29H24N2O5. The number of oxazole rings is 1. The second kappa shape index (κ2) is 10.7. The fourth-order valence-electron chi connectivity index (χ4n) is 3.81. The molecular weight excluding hydrogens is 456 g/mol. The third kappa shape index (κ3) is 5.70. The number of rotatable bonds is 9. The van der Waals surface area contributed by atoms with Crippen LogP contribution in [0.3, 0.4) is 0 Å². The molecule has 1 saturated heterocycles. The molecule has 1 unspecified atom stereocenters. The highest BCUT2D eigenvalue weighted by atomic mass is 16.6. The zero-order chi connectivity index (χ0) is 24.7. The fourth-order valence-corrected chi connectivity index (χ4v) is 3.81. The van der Waals surface area contributed by atoms with Gasteiger partial charge in [0.1, 0.15) is 18.6 Å². The minimum Gasteiger partial charge on any atom is -0.489 e. The number of imide groups is 1. The van der Waals surface area contributed by atoms with Gasteiger partial charge in [-0.2, -0.15) is 0 Å². The number of ether oxygens (including phenoxy) is 2. The van der Waals surface area contributed by atoms with E-state index in [-0.39, 0.29) is 13.0 Å². The van der Waals surface area contributed by atoms with E-state index in [1.807, 2.05) is 91.0 Å². The van der Waals surface area contributed by atoms with E-state index in [4.69, 9.17) is 13.9 Å². The maximum absolute atomic E-state index is 12.9. The molecule has 1 aromatic heterocycles. The number of hydrogen-bond donors (Lipinski definition) is 0. The van der Waals surface area contributed by atoms with Crippen LogP contribution >= 0.6 is 0 Å². The molecule has 7 heteroatoms. The lowest BCUT2D eigenvalue weighted by atomic mass is 10.1. The quantitative estimate of drug-likeness (QED) is 0.314. The molecule has 0 radical (unpaired) electrons. The molecule has 0 N–H and O–H groups in total. The van der Waals surface area contributed by atoms with Crippen molar-refractivity contribution in [1.82, 2.24) is 9.88 Å². The average molecular weight is 481 g/mol. The lowest BCUT2D eigenvalue weighted by Crippen LogP contribution is -2.31. The minimum absolute atomic E-state index is 0.0108. The summed E-state index contributed by atoms with van der Waals surface area (Å²) in [4.78, 5) is 30.6. The summed E-state index contributed by atoms with van der Waals surface area (Å²) in [7, 11) is 0. The molecule has 4 aromatic rings. The summed E-state index contributed by atoms with van der Waals surface area (Å²) in [5.74, 6) is 0.718. The Labute approximate surface area is 208 Å². The maximum Gasteiger partial charge on any atom is 0.417 e. The van der Waals surface area contributed by atoms with Crippen LogP contribution in [0.5, 0.6) is 5.75 Å². The van der Waals surface area contributed by atoms with Crippen molar-refractivity contribution >= 4 is 24.2 Å². The molecule has 1 aliphatic heterocycles. The van der Waals surface area contributed by atoms with Crippen LogP contribution in [0.4, 0.5) is 4.79 Å². The summed E-state index contributed by atoms with van der Waals surface area (Å²) in [5, 5.41) is 0. The van der Waals surface area contributed by atoms with Gasteiger partial charge in [0.15, 0.2) is 6.10 Å². The maximum atomic E-state index is 12.9. The van der Waals surface area contributed by atoms with E-state index in [2.05, 4.69) is 4.98 Å². The smallest absolute Gasteiger partial charge is 0.417 e. The first-order valence-corrected chi connectivity index (χ1v) is 11.6. The van der Waals surface area contributed by atoms with Crippen molar-refractivity contribution in [1.29, 1.82) is 0 Å². The summed E-state index contributed by atoms with van der Waals surface area (Å²) in [5.41, 5.74) is 3.42. The molecule has 2 heterocycles. The number of cyclic esters (lactones) is 1. The van der Waals surface area contributed by atoms with Gasteiger partial charge in [-0.15, -0.1) is 0 Å². The Morgan fingerprint density at radius 3 is 2.33 bits per heavy atom. The van der Waals surface area contributed by atoms with Gasteiger partial charge in [-0.05, 0) is 34.9 Å². The van der Waals surface area contributed by atoms with Crippen molar-refractivity contribution in [2.75, 3.05) is 0 Å². The van der Waals surface area contributed by atoms with Crippen LogP contribution in [0.15, 0.2) is 95.6 Å². The SMILES string of the molecule is O=C1OC(Cc2ccc(OCc3ccccc3)cc2)C(=O)N1Cc1coc(C=Cc2ccccc2)n1. The topological polar surface area (TPSA) is 81.9 Å². The van der Waals surface area contributed by atoms with E-state index >= 15 is 0 Å². The highest BCUT2D eigenvalue weighted by molar-refractivity contribution is 6.00. The molecule has 7 nitrogen and oxygen atoms in total. The third-order valence-electron chi connectivity index (χ3n) is 5.71. The molecule has 1 atom stereocenters. The van der Waals surface area contributed by atoms with Crippen LogP contribution in [-0.4, -0.2) is 28.0 Å². The van der Waals surface area contributed by atoms with E-state index in [0.29, 0.717) is 18.2 Å². The van der Waals surface area contributed by atoms with Crippen molar-refractivity contribution in [2.45, 2.75) is 25.7 Å². The van der Waals surface area contributed by atoms with E-state index in [0.717, 1.165) is 27.3 Å². The van der Waals surface area contributed by atoms with Crippen LogP contribution in [0.2, 0.25) is 0 Å². The van der Waals surface area contributed by atoms with Gasteiger partial charge in [-0.25, -0.2) is 14.7 Å². The first-order chi connectivity index (χ1) is 17.6. The molecule has 0 spiro atoms. The molecule has 0 bridgehead atoms. The van der Waals surface area contributed by atoms with Crippen molar-refractivity contribution in [3.05, 3.63) is 119 Å². The number of amides is 2. The Bertz CT molecular complexity index is 1350. The number of carbonyl (C=O) groups is 2. The van der Waals surface area contributed by atoms with Crippen molar-refractivity contribution in [2.24, 2.45) is 0 Å². The average Bonchev–Trinajstić information content (AvgIpc) is 3.48. The highest BCUT2D eigenvalue weighted by Gasteiger charge is 2.40. The fraction of sp³-hybridized carbons (Fsp3) is 0.138. The van der Waals surface area contributed by atoms with Gasteiger partial charge in [0, 0.05) is 12.5 Å². The molecule has 0 saturated carbocycles. The number of aromatic nitrogens is 1. The van der Waals surface area contributed by atoms with E-state index in [1.165, 1.54) is 6.26 Å². The Morgan fingerprint density at radius 2 is 1.58 bits per heavy atom. The normalized spacial score (nSPS) is 15.4. The first-order valence-electron chi connectivity index (χ1n) is 11.6. The molecule has 2 amide bonds. The van der Waals surface area contributed by atoms with Gasteiger partial charge in [0.05, 0.1) is 12.2 Å². The monoisotopic (exact) mass is 480 g/mol. The predicted octanol–water partition coefficient (Wildman–Crippen LogP) is 5.51. The van der Waals surface area contributed by atoms with Gasteiger partial charge in [-0.1, -0.05) is 72.8 Å². The molecule has 3 aromatic carbocycles. The Hall–Kier alpha value is -4.65. The van der Waals surface area contributed by atoms with E-state index < -0.39 is 18.1 Å². The minimum atomic E-state index is -0.877. The summed E-state index contributed by atoms with van der Waals surface area (Å²) in [6.45, 7) is 0.461. The number of benzene rings is 3. The first kappa shape index (κ1) is 23.1. The van der Waals surface area contributed by atoms with Gasteiger partial charge in [-0.3, -0.25) is 4.79 Å². The standard InChI is InChI=1S/C29H24N2O5/c32-28-26(17-22-11-14-25(15-12-22)34-19-23-9-5-2-6-10-23)36-29(33)31(28)18-24-20-35-27(30-24)16-13-21-7-3-1-4-8-21/h1-16,20,26H,17-19H2. The lowest BCUT2D eigenvalue weighted by molar-refractivity contribution is -0.130. The van der Waals surface area contributed by atoms with E-state index in [1.54, 1.807) is 6.08 Å². The zero-order valence-corrected chi connectivity index (χ0v) is 19.4. The van der Waals surface area contributed by atoms with E-state index in [9.17, 15) is 9.59 Å². The van der Waals surface area contributed by atoms with Crippen LogP contribution < -0.4 is 4.74 Å². The lowest BCUT2D eigenvalue weighted by Gasteiger charge is -2.10. The van der Waals surface area contributed by atoms with Gasteiger partial charge in [0.25, 0.3) is 5.91 Å². The van der Waals surface area contributed by atoms with Crippen molar-refractivity contribution in [3.8, 4) is 5.75 Å². The summed E-state index contributed by atoms with van der Waals surface area (Å²) in [6, 6.07) is 27.1. The Morgan fingerprint density at radius 1 is 0.861 bits per heavy atom. The highest BCUT2D eigenvalue weighted by Crippen LogP contribution is 2.22. The van der Waals surface area contributed by atoms with Crippen LogP contribution in [0.25, 0.3) is 12.2 Å².